The average molecular weight is 332 g/mol. The number of carbonyl (C=O) groups excluding carboxylic acids is 2. The van der Waals surface area contributed by atoms with Crippen molar-refractivity contribution in [2.24, 2.45) is 5.16 Å². The Hall–Kier alpha value is -2.43. The van der Waals surface area contributed by atoms with Gasteiger partial charge in [0.05, 0.1) is 5.75 Å². The highest BCUT2D eigenvalue weighted by molar-refractivity contribution is 7.93. The summed E-state index contributed by atoms with van der Waals surface area (Å²) in [7, 11) is -2.77. The van der Waals surface area contributed by atoms with E-state index >= 15 is 0 Å². The summed E-state index contributed by atoms with van der Waals surface area (Å²) < 4.78 is 29.1. The summed E-state index contributed by atoms with van der Waals surface area (Å²) in [5.41, 5.74) is -1.07. The Bertz CT molecular complexity index is 720. The lowest BCUT2D eigenvalue weighted by molar-refractivity contribution is -0.141. The van der Waals surface area contributed by atoms with Gasteiger partial charge < -0.3 is 14.7 Å². The van der Waals surface area contributed by atoms with Gasteiger partial charge in [-0.05, 0) is 0 Å². The summed E-state index contributed by atoms with van der Waals surface area (Å²) in [6, 6.07) is 0. The van der Waals surface area contributed by atoms with Crippen LogP contribution < -0.4 is 0 Å². The van der Waals surface area contributed by atoms with E-state index in [9.17, 15) is 27.9 Å². The molecule has 1 N–H and O–H groups in total. The van der Waals surface area contributed by atoms with Crippen molar-refractivity contribution in [3.05, 3.63) is 11.3 Å². The smallest absolute Gasteiger partial charge is 0.352 e. The molecule has 2 aliphatic heterocycles. The highest BCUT2D eigenvalue weighted by atomic mass is 32.2. The fourth-order valence-electron chi connectivity index (χ4n) is 2.24. The average Bonchev–Trinajstić information content (AvgIpc) is 2.40. The second kappa shape index (κ2) is 5.40. The number of ether oxygens (including phenoxy) is 1. The van der Waals surface area contributed by atoms with Crippen LogP contribution in [0.4, 0.5) is 0 Å². The first kappa shape index (κ1) is 15.9. The predicted octanol–water partition coefficient (Wildman–Crippen LogP) is -1.51. The topological polar surface area (TPSA) is 140 Å². The summed E-state index contributed by atoms with van der Waals surface area (Å²) in [6.07, 6.45) is 0. The Morgan fingerprint density at radius 3 is 2.59 bits per heavy atom. The fraction of sp³-hybridized carbons (Fsp3) is 0.455. The number of hydrogen-bond acceptors (Lipinski definition) is 8. The van der Waals surface area contributed by atoms with Crippen molar-refractivity contribution in [1.82, 2.24) is 4.90 Å². The van der Waals surface area contributed by atoms with Gasteiger partial charge in [-0.2, -0.15) is 0 Å². The predicted molar refractivity (Wildman–Crippen MR) is 70.2 cm³/mol. The van der Waals surface area contributed by atoms with Gasteiger partial charge in [0, 0.05) is 12.5 Å². The molecule has 0 aromatic heterocycles. The molecule has 1 saturated heterocycles. The van der Waals surface area contributed by atoms with Gasteiger partial charge in [-0.1, -0.05) is 5.16 Å². The number of aliphatic carboxylic acids is 1. The van der Waals surface area contributed by atoms with Crippen molar-refractivity contribution in [2.45, 2.75) is 12.3 Å². The summed E-state index contributed by atoms with van der Waals surface area (Å²) in [5.74, 6) is -3.73. The first-order chi connectivity index (χ1) is 10.2. The van der Waals surface area contributed by atoms with Gasteiger partial charge in [-0.25, -0.2) is 13.2 Å². The lowest BCUT2D eigenvalue weighted by Gasteiger charge is -2.43. The van der Waals surface area contributed by atoms with Gasteiger partial charge in [0.1, 0.15) is 19.4 Å². The Balaban J connectivity index is 2.50. The Morgan fingerprint density at radius 2 is 2.09 bits per heavy atom. The van der Waals surface area contributed by atoms with E-state index in [0.29, 0.717) is 4.90 Å². The molecule has 0 aromatic rings. The van der Waals surface area contributed by atoms with Crippen LogP contribution in [0.1, 0.15) is 6.92 Å². The van der Waals surface area contributed by atoms with E-state index < -0.39 is 51.1 Å². The molecule has 0 aliphatic carbocycles. The lowest BCUT2D eigenvalue weighted by atomic mass is 10.1. The van der Waals surface area contributed by atoms with Crippen LogP contribution in [0.15, 0.2) is 16.4 Å². The molecule has 10 nitrogen and oxygen atoms in total. The van der Waals surface area contributed by atoms with Gasteiger partial charge in [0.2, 0.25) is 0 Å². The van der Waals surface area contributed by atoms with E-state index in [-0.39, 0.29) is 11.3 Å². The van der Waals surface area contributed by atoms with E-state index in [4.69, 9.17) is 0 Å². The summed E-state index contributed by atoms with van der Waals surface area (Å²) >= 11 is 0. The van der Waals surface area contributed by atoms with Crippen LogP contribution in [-0.2, 0) is 33.8 Å². The van der Waals surface area contributed by atoms with Crippen LogP contribution in [0.25, 0.3) is 0 Å². The molecule has 1 fully saturated rings. The third-order valence-electron chi connectivity index (χ3n) is 3.04. The standard InChI is InChI=1S/C11H12N2O8S/c1-5(14)21-3-6-4-22(18,19)10-7(12-20-2)9(15)13(10)8(6)11(16)17/h10H,3-4H2,1-2H3,(H,16,17)/b12-7+/t10-/m1/s1. The lowest BCUT2D eigenvalue weighted by Crippen LogP contribution is -2.68. The van der Waals surface area contributed by atoms with Crippen molar-refractivity contribution < 1.29 is 37.5 Å². The molecule has 22 heavy (non-hydrogen) atoms. The molecule has 0 saturated carbocycles. The third-order valence-corrected chi connectivity index (χ3v) is 4.90. The number of carboxylic acid groups (broad SMARTS) is 1. The Morgan fingerprint density at radius 1 is 1.45 bits per heavy atom. The number of nitrogens with zero attached hydrogens (tertiary/aromatic N) is 2. The SMILES string of the molecule is CO/N=C1\C(=O)N2C(C(=O)O)=C(COC(C)=O)CS(=O)(=O)[C@H]12. The zero-order valence-corrected chi connectivity index (χ0v) is 12.4. The number of carbonyl (C=O) groups is 3. The molecule has 0 spiro atoms. The number of oxime groups is 1. The highest BCUT2D eigenvalue weighted by Crippen LogP contribution is 2.35. The van der Waals surface area contributed by atoms with Crippen LogP contribution in [0.2, 0.25) is 0 Å². The second-order valence-corrected chi connectivity index (χ2v) is 6.59. The maximum atomic E-state index is 12.2. The number of rotatable bonds is 4. The monoisotopic (exact) mass is 332 g/mol. The van der Waals surface area contributed by atoms with Crippen molar-refractivity contribution in [3.63, 3.8) is 0 Å². The molecule has 11 heteroatoms. The van der Waals surface area contributed by atoms with Gasteiger partial charge in [0.25, 0.3) is 5.91 Å². The first-order valence-electron chi connectivity index (χ1n) is 5.95. The largest absolute Gasteiger partial charge is 0.477 e. The molecule has 2 rings (SSSR count). The quantitative estimate of drug-likeness (QED) is 0.372. The van der Waals surface area contributed by atoms with Crippen molar-refractivity contribution in [1.29, 1.82) is 0 Å². The number of fused-ring (bicyclic) bond motifs is 1. The van der Waals surface area contributed by atoms with E-state index in [2.05, 4.69) is 14.7 Å². The minimum atomic E-state index is -3.91. The maximum absolute atomic E-state index is 12.2. The molecule has 0 aromatic carbocycles. The number of carboxylic acids is 1. The zero-order chi connectivity index (χ0) is 16.7. The number of esters is 1. The Kier molecular flexibility index (Phi) is 3.92. The van der Waals surface area contributed by atoms with Gasteiger partial charge in [-0.3, -0.25) is 14.5 Å². The van der Waals surface area contributed by atoms with Gasteiger partial charge in [0.15, 0.2) is 20.9 Å². The van der Waals surface area contributed by atoms with Gasteiger partial charge in [-0.15, -0.1) is 0 Å². The molecule has 1 amide bonds. The fourth-order valence-corrected chi connectivity index (χ4v) is 4.11. The van der Waals surface area contributed by atoms with Crippen LogP contribution in [0.5, 0.6) is 0 Å². The minimum absolute atomic E-state index is 0.177. The van der Waals surface area contributed by atoms with Crippen LogP contribution >= 0.6 is 0 Å². The maximum Gasteiger partial charge on any atom is 0.352 e. The molecular weight excluding hydrogens is 320 g/mol. The van der Waals surface area contributed by atoms with E-state index in [1.54, 1.807) is 0 Å². The number of hydrogen-bond donors (Lipinski definition) is 1. The minimum Gasteiger partial charge on any atom is -0.477 e. The normalized spacial score (nSPS) is 24.6. The van der Waals surface area contributed by atoms with Crippen molar-refractivity contribution in [3.8, 4) is 0 Å². The molecule has 2 aliphatic rings. The van der Waals surface area contributed by atoms with Crippen molar-refractivity contribution in [2.75, 3.05) is 19.5 Å². The van der Waals surface area contributed by atoms with E-state index in [0.717, 1.165) is 14.0 Å². The molecule has 1 atom stereocenters. The molecular formula is C11H12N2O8S. The van der Waals surface area contributed by atoms with Crippen molar-refractivity contribution >= 4 is 33.4 Å². The number of amides is 1. The van der Waals surface area contributed by atoms with Gasteiger partial charge >= 0.3 is 11.9 Å². The molecule has 2 heterocycles. The third kappa shape index (κ3) is 2.43. The van der Waals surface area contributed by atoms with Crippen LogP contribution in [0, 0.1) is 0 Å². The molecule has 0 radical (unpaired) electrons. The molecule has 0 unspecified atom stereocenters. The number of sulfone groups is 1. The molecule has 0 bridgehead atoms. The number of β-lactam (4-membered cyclic amide) rings is 1. The summed E-state index contributed by atoms with van der Waals surface area (Å²) in [6.45, 7) is 0.572. The summed E-state index contributed by atoms with van der Waals surface area (Å²) in [5, 5.41) is 11.1. The first-order valence-corrected chi connectivity index (χ1v) is 7.67. The summed E-state index contributed by atoms with van der Waals surface area (Å²) in [4.78, 5) is 39.1. The van der Waals surface area contributed by atoms with E-state index in [1.807, 2.05) is 0 Å². The zero-order valence-electron chi connectivity index (χ0n) is 11.6. The van der Waals surface area contributed by atoms with E-state index in [1.165, 1.54) is 0 Å². The second-order valence-electron chi connectivity index (χ2n) is 4.53. The van der Waals surface area contributed by atoms with Crippen LogP contribution in [0.3, 0.4) is 0 Å². The van der Waals surface area contributed by atoms with Crippen LogP contribution in [-0.4, -0.2) is 66.8 Å². The highest BCUT2D eigenvalue weighted by Gasteiger charge is 2.58. The Labute approximate surface area is 124 Å². The molecule has 120 valence electrons.